The Balaban J connectivity index is 1.96. The number of aromatic nitrogens is 3. The van der Waals surface area contributed by atoms with Gasteiger partial charge in [-0.3, -0.25) is 0 Å². The van der Waals surface area contributed by atoms with Crippen LogP contribution in [0, 0.1) is 0 Å². The number of aromatic amines is 1. The van der Waals surface area contributed by atoms with Crippen molar-refractivity contribution in [2.45, 2.75) is 25.9 Å². The summed E-state index contributed by atoms with van der Waals surface area (Å²) in [6, 6.07) is 4.48. The molecular formula is C12H18N4. The summed E-state index contributed by atoms with van der Waals surface area (Å²) in [7, 11) is 2.06. The number of imidazole rings is 1. The molecule has 86 valence electrons. The maximum Gasteiger partial charge on any atom is 0.123 e. The molecule has 0 spiro atoms. The summed E-state index contributed by atoms with van der Waals surface area (Å²) in [6.07, 6.45) is 6.74. The summed E-state index contributed by atoms with van der Waals surface area (Å²) in [6.45, 7) is 3.02. The van der Waals surface area contributed by atoms with Gasteiger partial charge in [-0.05, 0) is 18.6 Å². The van der Waals surface area contributed by atoms with E-state index in [0.29, 0.717) is 6.04 Å². The van der Waals surface area contributed by atoms with Gasteiger partial charge in [0.1, 0.15) is 5.82 Å². The Bertz CT molecular complexity index is 416. The lowest BCUT2D eigenvalue weighted by molar-refractivity contribution is 0.489. The third-order valence-electron chi connectivity index (χ3n) is 2.84. The molecular weight excluding hydrogens is 200 g/mol. The Morgan fingerprint density at radius 2 is 2.44 bits per heavy atom. The zero-order valence-electron chi connectivity index (χ0n) is 9.77. The van der Waals surface area contributed by atoms with Gasteiger partial charge >= 0.3 is 0 Å². The van der Waals surface area contributed by atoms with Gasteiger partial charge in [0, 0.05) is 37.9 Å². The zero-order chi connectivity index (χ0) is 11.4. The summed E-state index contributed by atoms with van der Waals surface area (Å²) in [4.78, 5) is 7.44. The molecule has 0 saturated carbocycles. The first-order chi connectivity index (χ1) is 7.81. The summed E-state index contributed by atoms with van der Waals surface area (Å²) >= 11 is 0. The fourth-order valence-electron chi connectivity index (χ4n) is 1.81. The van der Waals surface area contributed by atoms with Crippen molar-refractivity contribution in [3.63, 3.8) is 0 Å². The van der Waals surface area contributed by atoms with Crippen LogP contribution in [-0.2, 0) is 13.6 Å². The highest BCUT2D eigenvalue weighted by Crippen LogP contribution is 2.12. The summed E-state index contributed by atoms with van der Waals surface area (Å²) in [5, 5.41) is 3.50. The quantitative estimate of drug-likeness (QED) is 0.806. The van der Waals surface area contributed by atoms with Crippen molar-refractivity contribution in [3.05, 3.63) is 42.2 Å². The molecule has 2 aromatic heterocycles. The highest BCUT2D eigenvalue weighted by molar-refractivity contribution is 5.07. The lowest BCUT2D eigenvalue weighted by Gasteiger charge is -2.14. The van der Waals surface area contributed by atoms with E-state index < -0.39 is 0 Å². The van der Waals surface area contributed by atoms with Gasteiger partial charge < -0.3 is 14.9 Å². The average Bonchev–Trinajstić information content (AvgIpc) is 2.92. The summed E-state index contributed by atoms with van der Waals surface area (Å²) in [5.74, 6) is 1.01. The minimum Gasteiger partial charge on any atom is -0.353 e. The van der Waals surface area contributed by atoms with Crippen LogP contribution >= 0.6 is 0 Å². The Hall–Kier alpha value is -1.55. The molecule has 0 saturated heterocycles. The molecule has 2 N–H and O–H groups in total. The van der Waals surface area contributed by atoms with Crippen molar-refractivity contribution in [1.29, 1.82) is 0 Å². The highest BCUT2D eigenvalue weighted by Gasteiger charge is 2.10. The smallest absolute Gasteiger partial charge is 0.123 e. The van der Waals surface area contributed by atoms with Crippen LogP contribution in [0.25, 0.3) is 0 Å². The Labute approximate surface area is 95.7 Å². The standard InChI is InChI=1S/C12H18N4/c1-3-11(12-13-6-7-14-12)15-9-10-5-4-8-16(10)2/h4-8,11,15H,3,9H2,1-2H3,(H,13,14). The second-order valence-corrected chi connectivity index (χ2v) is 3.93. The Morgan fingerprint density at radius 1 is 1.56 bits per heavy atom. The normalized spacial score (nSPS) is 12.9. The van der Waals surface area contributed by atoms with Crippen LogP contribution in [0.2, 0.25) is 0 Å². The lowest BCUT2D eigenvalue weighted by atomic mass is 10.2. The molecule has 1 atom stereocenters. The third-order valence-corrected chi connectivity index (χ3v) is 2.84. The number of nitrogens with one attached hydrogen (secondary N) is 2. The van der Waals surface area contributed by atoms with Crippen molar-refractivity contribution < 1.29 is 0 Å². The minimum absolute atomic E-state index is 0.296. The van der Waals surface area contributed by atoms with E-state index >= 15 is 0 Å². The van der Waals surface area contributed by atoms with Crippen LogP contribution < -0.4 is 5.32 Å². The molecule has 0 radical (unpaired) electrons. The molecule has 0 aromatic carbocycles. The van der Waals surface area contributed by atoms with Crippen LogP contribution in [-0.4, -0.2) is 14.5 Å². The van der Waals surface area contributed by atoms with Crippen molar-refractivity contribution >= 4 is 0 Å². The molecule has 0 aliphatic heterocycles. The van der Waals surface area contributed by atoms with Gasteiger partial charge in [-0.25, -0.2) is 4.98 Å². The molecule has 4 heteroatoms. The van der Waals surface area contributed by atoms with Gasteiger partial charge in [0.25, 0.3) is 0 Å². The largest absolute Gasteiger partial charge is 0.353 e. The molecule has 0 bridgehead atoms. The van der Waals surface area contributed by atoms with Crippen LogP contribution in [0.1, 0.15) is 30.9 Å². The Kier molecular flexibility index (Phi) is 3.41. The Morgan fingerprint density at radius 3 is 3.00 bits per heavy atom. The van der Waals surface area contributed by atoms with Gasteiger partial charge in [-0.2, -0.15) is 0 Å². The number of hydrogen-bond donors (Lipinski definition) is 2. The van der Waals surface area contributed by atoms with E-state index in [1.165, 1.54) is 5.69 Å². The predicted molar refractivity (Wildman–Crippen MR) is 63.9 cm³/mol. The first kappa shape index (κ1) is 11.0. The van der Waals surface area contributed by atoms with Crippen molar-refractivity contribution in [1.82, 2.24) is 19.9 Å². The summed E-state index contributed by atoms with van der Waals surface area (Å²) in [5.41, 5.74) is 1.28. The van der Waals surface area contributed by atoms with E-state index in [2.05, 4.69) is 52.2 Å². The highest BCUT2D eigenvalue weighted by atomic mass is 15.0. The fraction of sp³-hybridized carbons (Fsp3) is 0.417. The molecule has 0 fully saturated rings. The van der Waals surface area contributed by atoms with E-state index in [1.54, 1.807) is 6.20 Å². The minimum atomic E-state index is 0.296. The first-order valence-electron chi connectivity index (χ1n) is 5.64. The van der Waals surface area contributed by atoms with E-state index in [1.807, 2.05) is 6.20 Å². The molecule has 0 amide bonds. The molecule has 2 rings (SSSR count). The van der Waals surface area contributed by atoms with Gasteiger partial charge in [0.15, 0.2) is 0 Å². The number of aryl methyl sites for hydroxylation is 1. The molecule has 2 aromatic rings. The van der Waals surface area contributed by atoms with E-state index in [0.717, 1.165) is 18.8 Å². The van der Waals surface area contributed by atoms with Crippen LogP contribution in [0.15, 0.2) is 30.7 Å². The third kappa shape index (κ3) is 2.33. The van der Waals surface area contributed by atoms with Crippen LogP contribution in [0.5, 0.6) is 0 Å². The monoisotopic (exact) mass is 218 g/mol. The number of H-pyrrole nitrogens is 1. The molecule has 1 unspecified atom stereocenters. The molecule has 4 nitrogen and oxygen atoms in total. The lowest BCUT2D eigenvalue weighted by Crippen LogP contribution is -2.22. The fourth-order valence-corrected chi connectivity index (χ4v) is 1.81. The van der Waals surface area contributed by atoms with E-state index in [4.69, 9.17) is 0 Å². The molecule has 16 heavy (non-hydrogen) atoms. The van der Waals surface area contributed by atoms with Gasteiger partial charge in [0.2, 0.25) is 0 Å². The van der Waals surface area contributed by atoms with Crippen molar-refractivity contribution in [2.24, 2.45) is 7.05 Å². The van der Waals surface area contributed by atoms with Crippen molar-refractivity contribution in [3.8, 4) is 0 Å². The predicted octanol–water partition coefficient (Wildman–Crippen LogP) is 1.99. The van der Waals surface area contributed by atoms with E-state index in [9.17, 15) is 0 Å². The number of hydrogen-bond acceptors (Lipinski definition) is 2. The van der Waals surface area contributed by atoms with Gasteiger partial charge in [0.05, 0.1) is 6.04 Å². The summed E-state index contributed by atoms with van der Waals surface area (Å²) < 4.78 is 2.13. The number of rotatable bonds is 5. The van der Waals surface area contributed by atoms with E-state index in [-0.39, 0.29) is 0 Å². The van der Waals surface area contributed by atoms with Crippen molar-refractivity contribution in [2.75, 3.05) is 0 Å². The first-order valence-corrected chi connectivity index (χ1v) is 5.64. The second-order valence-electron chi connectivity index (χ2n) is 3.93. The van der Waals surface area contributed by atoms with Crippen LogP contribution in [0.4, 0.5) is 0 Å². The van der Waals surface area contributed by atoms with Gasteiger partial charge in [-0.15, -0.1) is 0 Å². The molecule has 0 aliphatic carbocycles. The molecule has 2 heterocycles. The average molecular weight is 218 g/mol. The number of nitrogens with zero attached hydrogens (tertiary/aromatic N) is 2. The SMILES string of the molecule is CCC(NCc1cccn1C)c1ncc[nH]1. The molecule has 0 aliphatic rings. The van der Waals surface area contributed by atoms with Gasteiger partial charge in [-0.1, -0.05) is 6.92 Å². The zero-order valence-corrected chi connectivity index (χ0v) is 9.77. The van der Waals surface area contributed by atoms with Crippen LogP contribution in [0.3, 0.4) is 0 Å². The topological polar surface area (TPSA) is 45.6 Å². The second kappa shape index (κ2) is 4.99. The maximum absolute atomic E-state index is 4.28. The maximum atomic E-state index is 4.28.